The molecule has 0 bridgehead atoms. The summed E-state index contributed by atoms with van der Waals surface area (Å²) < 4.78 is 5.40. The molecule has 0 aromatic heterocycles. The monoisotopic (exact) mass is 308 g/mol. The maximum absolute atomic E-state index is 12.9. The Labute approximate surface area is 131 Å². The predicted molar refractivity (Wildman–Crippen MR) is 93.1 cm³/mol. The summed E-state index contributed by atoms with van der Waals surface area (Å²) in [6.45, 7) is 15.5. The van der Waals surface area contributed by atoms with E-state index < -0.39 is 8.07 Å². The van der Waals surface area contributed by atoms with Gasteiger partial charge >= 0.3 is 0 Å². The summed E-state index contributed by atoms with van der Waals surface area (Å²) >= 11 is 0. The second-order valence-corrected chi connectivity index (χ2v) is 13.4. The maximum atomic E-state index is 12.9. The molecule has 120 valence electrons. The van der Waals surface area contributed by atoms with Gasteiger partial charge in [-0.2, -0.15) is 0 Å². The molecule has 0 aromatic carbocycles. The molecule has 2 atom stereocenters. The number of rotatable bonds is 5. The zero-order valence-corrected chi connectivity index (χ0v) is 16.1. The molecule has 0 saturated carbocycles. The van der Waals surface area contributed by atoms with Crippen molar-refractivity contribution in [3.63, 3.8) is 0 Å². The van der Waals surface area contributed by atoms with Gasteiger partial charge in [0, 0.05) is 25.5 Å². The number of ketones is 1. The summed E-state index contributed by atoms with van der Waals surface area (Å²) in [5.41, 5.74) is 1.99. The van der Waals surface area contributed by atoms with Gasteiger partial charge in [0.05, 0.1) is 7.11 Å². The first kappa shape index (κ1) is 18.2. The lowest BCUT2D eigenvalue weighted by molar-refractivity contribution is -0.128. The van der Waals surface area contributed by atoms with Crippen LogP contribution in [0, 0.1) is 11.3 Å². The number of carbonyl (C=O) groups is 1. The third-order valence-electron chi connectivity index (χ3n) is 4.86. The molecule has 0 radical (unpaired) electrons. The van der Waals surface area contributed by atoms with E-state index in [9.17, 15) is 4.79 Å². The van der Waals surface area contributed by atoms with E-state index in [0.29, 0.717) is 5.92 Å². The molecule has 21 heavy (non-hydrogen) atoms. The zero-order chi connectivity index (χ0) is 16.4. The van der Waals surface area contributed by atoms with Crippen molar-refractivity contribution in [3.8, 4) is 0 Å². The molecule has 0 aromatic rings. The minimum Gasteiger partial charge on any atom is -0.501 e. The Kier molecular flexibility index (Phi) is 5.65. The van der Waals surface area contributed by atoms with Gasteiger partial charge in [0.2, 0.25) is 0 Å². The van der Waals surface area contributed by atoms with Crippen molar-refractivity contribution < 1.29 is 9.53 Å². The second kappa shape index (κ2) is 6.51. The van der Waals surface area contributed by atoms with E-state index in [0.717, 1.165) is 24.2 Å². The Morgan fingerprint density at radius 1 is 1.43 bits per heavy atom. The highest BCUT2D eigenvalue weighted by Gasteiger charge is 2.44. The highest BCUT2D eigenvalue weighted by atomic mass is 28.3. The van der Waals surface area contributed by atoms with Gasteiger partial charge in [-0.15, -0.1) is 0 Å². The Balaban J connectivity index is 3.05. The Morgan fingerprint density at radius 3 is 2.43 bits per heavy atom. The molecule has 1 rings (SSSR count). The van der Waals surface area contributed by atoms with E-state index in [-0.39, 0.29) is 11.2 Å². The van der Waals surface area contributed by atoms with Crippen LogP contribution in [0.15, 0.2) is 23.0 Å². The molecule has 0 N–H and O–H groups in total. The van der Waals surface area contributed by atoms with Gasteiger partial charge in [-0.1, -0.05) is 45.1 Å². The van der Waals surface area contributed by atoms with Gasteiger partial charge < -0.3 is 4.74 Å². The van der Waals surface area contributed by atoms with Gasteiger partial charge in [-0.25, -0.2) is 0 Å². The van der Waals surface area contributed by atoms with E-state index in [4.69, 9.17) is 4.74 Å². The molecular formula is C18H32O2Si. The topological polar surface area (TPSA) is 26.3 Å². The van der Waals surface area contributed by atoms with Crippen LogP contribution < -0.4 is 0 Å². The molecule has 0 saturated heterocycles. The van der Waals surface area contributed by atoms with E-state index in [2.05, 4.69) is 46.5 Å². The summed E-state index contributed by atoms with van der Waals surface area (Å²) in [5.74, 6) is 1.46. The van der Waals surface area contributed by atoms with Crippen LogP contribution in [0.5, 0.6) is 0 Å². The van der Waals surface area contributed by atoms with Crippen LogP contribution in [-0.4, -0.2) is 21.0 Å². The van der Waals surface area contributed by atoms with Gasteiger partial charge in [0.25, 0.3) is 0 Å². The highest BCUT2D eigenvalue weighted by Crippen LogP contribution is 2.46. The smallest absolute Gasteiger partial charge is 0.168 e. The first-order valence-corrected chi connectivity index (χ1v) is 11.7. The van der Waals surface area contributed by atoms with Crippen molar-refractivity contribution in [1.82, 2.24) is 0 Å². The first-order valence-electron chi connectivity index (χ1n) is 7.97. The van der Waals surface area contributed by atoms with Crippen molar-refractivity contribution in [2.24, 2.45) is 11.3 Å². The van der Waals surface area contributed by atoms with Crippen LogP contribution in [0.3, 0.4) is 0 Å². The van der Waals surface area contributed by atoms with Gasteiger partial charge in [-0.05, 0) is 32.2 Å². The number of hydrogen-bond acceptors (Lipinski definition) is 2. The normalized spacial score (nSPS) is 28.1. The van der Waals surface area contributed by atoms with Crippen LogP contribution in [0.1, 0.15) is 40.5 Å². The highest BCUT2D eigenvalue weighted by molar-refractivity contribution is 6.76. The largest absolute Gasteiger partial charge is 0.501 e. The fourth-order valence-electron chi connectivity index (χ4n) is 3.35. The standard InChI is InChI=1S/C18H32O2Si/c1-9-15(12-21(6,7)8)11-18(4)13(2)10-16(20-5)14(3)17(18)19/h9,13H,10-12H2,1-8H3/b15-9-/t13-,18+/m1/s1. The zero-order valence-electron chi connectivity index (χ0n) is 15.1. The first-order chi connectivity index (χ1) is 9.55. The quantitative estimate of drug-likeness (QED) is 0.515. The molecular weight excluding hydrogens is 276 g/mol. The summed E-state index contributed by atoms with van der Waals surface area (Å²) in [6, 6.07) is 1.18. The molecule has 1 aliphatic rings. The van der Waals surface area contributed by atoms with Crippen molar-refractivity contribution in [2.45, 2.75) is 66.2 Å². The van der Waals surface area contributed by atoms with Crippen LogP contribution in [-0.2, 0) is 9.53 Å². The molecule has 1 aliphatic carbocycles. The molecule has 2 nitrogen and oxygen atoms in total. The average molecular weight is 309 g/mol. The van der Waals surface area contributed by atoms with Crippen molar-refractivity contribution in [2.75, 3.05) is 7.11 Å². The Bertz CT molecular complexity index is 468. The van der Waals surface area contributed by atoms with Crippen LogP contribution in [0.4, 0.5) is 0 Å². The SMILES string of the molecule is C/C=C(/C[C@]1(C)C(=O)C(C)=C(OC)C[C@H]1C)C[Si](C)(C)C. The van der Waals surface area contributed by atoms with Gasteiger partial charge in [0.1, 0.15) is 5.76 Å². The van der Waals surface area contributed by atoms with Crippen molar-refractivity contribution in [1.29, 1.82) is 0 Å². The Hall–Kier alpha value is -0.833. The minimum atomic E-state index is -1.16. The van der Waals surface area contributed by atoms with Crippen molar-refractivity contribution in [3.05, 3.63) is 23.0 Å². The molecule has 0 amide bonds. The van der Waals surface area contributed by atoms with E-state index >= 15 is 0 Å². The summed E-state index contributed by atoms with van der Waals surface area (Å²) in [7, 11) is 0.514. The second-order valence-electron chi connectivity index (χ2n) is 7.97. The minimum absolute atomic E-state index is 0.271. The van der Waals surface area contributed by atoms with Crippen molar-refractivity contribution >= 4 is 13.9 Å². The molecule has 3 heteroatoms. The number of ether oxygens (including phenoxy) is 1. The summed E-state index contributed by atoms with van der Waals surface area (Å²) in [6.07, 6.45) is 3.99. The lowest BCUT2D eigenvalue weighted by Gasteiger charge is -2.40. The Morgan fingerprint density at radius 2 is 2.00 bits per heavy atom. The lowest BCUT2D eigenvalue weighted by Crippen LogP contribution is -2.40. The number of carbonyl (C=O) groups excluding carboxylic acids is 1. The van der Waals surface area contributed by atoms with E-state index in [1.807, 2.05) is 6.92 Å². The molecule has 0 aliphatic heterocycles. The molecule has 0 spiro atoms. The molecule has 0 fully saturated rings. The summed E-state index contributed by atoms with van der Waals surface area (Å²) in [4.78, 5) is 12.9. The third kappa shape index (κ3) is 4.09. The predicted octanol–water partition coefficient (Wildman–Crippen LogP) is 5.20. The van der Waals surface area contributed by atoms with Crippen LogP contribution in [0.2, 0.25) is 25.7 Å². The summed E-state index contributed by atoms with van der Waals surface area (Å²) in [5, 5.41) is 0. The number of allylic oxidation sites excluding steroid dienone is 4. The lowest BCUT2D eigenvalue weighted by atomic mass is 9.64. The number of hydrogen-bond donors (Lipinski definition) is 0. The van der Waals surface area contributed by atoms with Crippen LogP contribution >= 0.6 is 0 Å². The average Bonchev–Trinajstić information content (AvgIpc) is 2.38. The fraction of sp³-hybridized carbons (Fsp3) is 0.722. The van der Waals surface area contributed by atoms with E-state index in [1.54, 1.807) is 7.11 Å². The number of methoxy groups -OCH3 is 1. The number of Topliss-reactive ketones (excluding diaryl/α,β-unsaturated/α-hetero) is 1. The maximum Gasteiger partial charge on any atom is 0.168 e. The van der Waals surface area contributed by atoms with Gasteiger partial charge in [0.15, 0.2) is 5.78 Å². The molecule has 0 heterocycles. The third-order valence-corrected chi connectivity index (χ3v) is 6.38. The molecule has 0 unspecified atom stereocenters. The van der Waals surface area contributed by atoms with Gasteiger partial charge in [-0.3, -0.25) is 4.79 Å². The van der Waals surface area contributed by atoms with Crippen LogP contribution in [0.25, 0.3) is 0 Å². The fourth-order valence-corrected chi connectivity index (χ4v) is 5.04. The van der Waals surface area contributed by atoms with E-state index in [1.165, 1.54) is 11.6 Å².